The van der Waals surface area contributed by atoms with Crippen molar-refractivity contribution in [2.45, 2.75) is 0 Å². The molecule has 0 aliphatic rings. The van der Waals surface area contributed by atoms with Crippen LogP contribution in [0.1, 0.15) is 10.4 Å². The van der Waals surface area contributed by atoms with E-state index in [1.54, 1.807) is 0 Å². The van der Waals surface area contributed by atoms with Crippen LogP contribution in [-0.2, 0) is 0 Å². The molecule has 20 heavy (non-hydrogen) atoms. The quantitative estimate of drug-likeness (QED) is 0.657. The highest BCUT2D eigenvalue weighted by Gasteiger charge is 2.15. The van der Waals surface area contributed by atoms with Crippen LogP contribution < -0.4 is 11.1 Å². The molecule has 0 radical (unpaired) electrons. The fourth-order valence-electron chi connectivity index (χ4n) is 1.51. The Morgan fingerprint density at radius 1 is 1.00 bits per heavy atom. The third-order valence-electron chi connectivity index (χ3n) is 2.54. The Bertz CT molecular complexity index is 665. The number of hydrogen-bond acceptors (Lipinski definition) is 2. The molecule has 3 N–H and O–H groups in total. The normalized spacial score (nSPS) is 10.4. The van der Waals surface area contributed by atoms with Crippen molar-refractivity contribution in [1.82, 2.24) is 0 Å². The summed E-state index contributed by atoms with van der Waals surface area (Å²) in [4.78, 5) is 11.7. The van der Waals surface area contributed by atoms with Crippen LogP contribution in [-0.4, -0.2) is 5.91 Å². The molecule has 104 valence electrons. The highest BCUT2D eigenvalue weighted by atomic mass is 19.2. The molecule has 7 heteroatoms. The molecule has 1 amide bonds. The number of nitrogens with one attached hydrogen (secondary N) is 1. The fraction of sp³-hybridized carbons (Fsp3) is 0. The maximum absolute atomic E-state index is 13.3. The van der Waals surface area contributed by atoms with Gasteiger partial charge in [-0.3, -0.25) is 4.79 Å². The molecule has 0 spiro atoms. The number of carbonyl (C=O) groups excluding carboxylic acids is 1. The molecule has 0 aliphatic carbocycles. The van der Waals surface area contributed by atoms with Gasteiger partial charge in [0.2, 0.25) is 0 Å². The van der Waals surface area contributed by atoms with Crippen molar-refractivity contribution in [2.75, 3.05) is 11.1 Å². The molecule has 0 aliphatic heterocycles. The number of carbonyl (C=O) groups is 1. The van der Waals surface area contributed by atoms with Crippen molar-refractivity contribution in [3.8, 4) is 0 Å². The monoisotopic (exact) mass is 284 g/mol. The fourth-order valence-corrected chi connectivity index (χ4v) is 1.51. The molecule has 2 aromatic carbocycles. The number of nitrogen functional groups attached to an aromatic ring is 1. The maximum atomic E-state index is 13.3. The number of hydrogen-bond donors (Lipinski definition) is 2. The molecule has 0 heterocycles. The van der Waals surface area contributed by atoms with E-state index < -0.39 is 46.1 Å². The highest BCUT2D eigenvalue weighted by molar-refractivity contribution is 6.04. The lowest BCUT2D eigenvalue weighted by Gasteiger charge is -2.08. The number of benzene rings is 2. The zero-order valence-electron chi connectivity index (χ0n) is 9.88. The lowest BCUT2D eigenvalue weighted by molar-refractivity contribution is 0.102. The third kappa shape index (κ3) is 2.56. The van der Waals surface area contributed by atoms with Crippen molar-refractivity contribution in [2.24, 2.45) is 0 Å². The largest absolute Gasteiger partial charge is 0.394 e. The van der Waals surface area contributed by atoms with Gasteiger partial charge in [-0.2, -0.15) is 0 Å². The Morgan fingerprint density at radius 3 is 2.20 bits per heavy atom. The van der Waals surface area contributed by atoms with E-state index in [2.05, 4.69) is 0 Å². The summed E-state index contributed by atoms with van der Waals surface area (Å²) in [6.45, 7) is 0. The van der Waals surface area contributed by atoms with Crippen LogP contribution in [0.3, 0.4) is 0 Å². The van der Waals surface area contributed by atoms with Crippen molar-refractivity contribution >= 4 is 17.3 Å². The molecule has 0 saturated carbocycles. The van der Waals surface area contributed by atoms with Crippen molar-refractivity contribution in [3.05, 3.63) is 59.2 Å². The number of nitrogens with two attached hydrogens (primary N) is 1. The van der Waals surface area contributed by atoms with Crippen LogP contribution in [0.4, 0.5) is 28.9 Å². The first-order valence-electron chi connectivity index (χ1n) is 5.40. The highest BCUT2D eigenvalue weighted by Crippen LogP contribution is 2.20. The minimum absolute atomic E-state index is 0.405. The van der Waals surface area contributed by atoms with Gasteiger partial charge in [-0.05, 0) is 24.3 Å². The lowest BCUT2D eigenvalue weighted by Crippen LogP contribution is -2.14. The van der Waals surface area contributed by atoms with Crippen LogP contribution in [0.5, 0.6) is 0 Å². The van der Waals surface area contributed by atoms with E-state index in [1.807, 2.05) is 5.32 Å². The van der Waals surface area contributed by atoms with E-state index in [1.165, 1.54) is 6.07 Å². The summed E-state index contributed by atoms with van der Waals surface area (Å²) in [5.74, 6) is -5.65. The number of anilines is 2. The van der Waals surface area contributed by atoms with E-state index in [0.717, 1.165) is 12.1 Å². The molecular formula is C13H8F4N2O. The van der Waals surface area contributed by atoms with Crippen LogP contribution in [0.15, 0.2) is 30.3 Å². The number of halogens is 4. The van der Waals surface area contributed by atoms with E-state index in [9.17, 15) is 22.4 Å². The van der Waals surface area contributed by atoms with Crippen molar-refractivity contribution < 1.29 is 22.4 Å². The Balaban J connectivity index is 2.31. The second-order valence-electron chi connectivity index (χ2n) is 3.91. The summed E-state index contributed by atoms with van der Waals surface area (Å²) >= 11 is 0. The summed E-state index contributed by atoms with van der Waals surface area (Å²) in [5, 5.41) is 2.01. The second-order valence-corrected chi connectivity index (χ2v) is 3.91. The molecule has 0 aromatic heterocycles. The summed E-state index contributed by atoms with van der Waals surface area (Å²) in [7, 11) is 0. The lowest BCUT2D eigenvalue weighted by atomic mass is 10.1. The average molecular weight is 284 g/mol. The molecule has 0 saturated heterocycles. The van der Waals surface area contributed by atoms with E-state index in [4.69, 9.17) is 5.73 Å². The zero-order chi connectivity index (χ0) is 14.9. The van der Waals surface area contributed by atoms with Crippen LogP contribution in [0.25, 0.3) is 0 Å². The Hall–Kier alpha value is -2.57. The second kappa shape index (κ2) is 5.20. The van der Waals surface area contributed by atoms with Gasteiger partial charge in [0.15, 0.2) is 11.6 Å². The Kier molecular flexibility index (Phi) is 3.60. The average Bonchev–Trinajstić information content (AvgIpc) is 2.40. The Morgan fingerprint density at radius 2 is 1.60 bits per heavy atom. The summed E-state index contributed by atoms with van der Waals surface area (Å²) in [5.41, 5.74) is 3.49. The van der Waals surface area contributed by atoms with Crippen molar-refractivity contribution in [3.63, 3.8) is 0 Å². The van der Waals surface area contributed by atoms with Crippen LogP contribution >= 0.6 is 0 Å². The van der Waals surface area contributed by atoms with Crippen molar-refractivity contribution in [1.29, 1.82) is 0 Å². The van der Waals surface area contributed by atoms with Gasteiger partial charge in [0.05, 0.1) is 5.69 Å². The smallest absolute Gasteiger partial charge is 0.255 e. The van der Waals surface area contributed by atoms with Crippen LogP contribution in [0.2, 0.25) is 0 Å². The molecule has 2 aromatic rings. The summed E-state index contributed by atoms with van der Waals surface area (Å²) < 4.78 is 52.7. The van der Waals surface area contributed by atoms with Gasteiger partial charge in [0, 0.05) is 5.56 Å². The van der Waals surface area contributed by atoms with E-state index >= 15 is 0 Å². The third-order valence-corrected chi connectivity index (χ3v) is 2.54. The first-order valence-corrected chi connectivity index (χ1v) is 5.40. The zero-order valence-corrected chi connectivity index (χ0v) is 9.88. The molecular weight excluding hydrogens is 276 g/mol. The van der Waals surface area contributed by atoms with Gasteiger partial charge < -0.3 is 11.1 Å². The SMILES string of the molecule is Nc1c(F)cc(C(=O)Nc2cccc(F)c2F)cc1F. The van der Waals surface area contributed by atoms with Gasteiger partial charge in [-0.25, -0.2) is 17.6 Å². The van der Waals surface area contributed by atoms with Gasteiger partial charge in [-0.1, -0.05) is 6.07 Å². The van der Waals surface area contributed by atoms with Gasteiger partial charge in [0.25, 0.3) is 5.91 Å². The molecule has 0 unspecified atom stereocenters. The van der Waals surface area contributed by atoms with Gasteiger partial charge >= 0.3 is 0 Å². The number of amides is 1. The molecule has 0 bridgehead atoms. The standard InChI is InChI=1S/C13H8F4N2O/c14-7-2-1-3-10(11(7)17)19-13(20)6-4-8(15)12(18)9(16)5-6/h1-5H,18H2,(H,19,20). The molecule has 0 atom stereocenters. The minimum Gasteiger partial charge on any atom is -0.394 e. The predicted molar refractivity (Wildman–Crippen MR) is 65.1 cm³/mol. The van der Waals surface area contributed by atoms with Crippen LogP contribution in [0, 0.1) is 23.3 Å². The first-order chi connectivity index (χ1) is 9.40. The maximum Gasteiger partial charge on any atom is 0.255 e. The summed E-state index contributed by atoms with van der Waals surface area (Å²) in [6.07, 6.45) is 0. The van der Waals surface area contributed by atoms with E-state index in [-0.39, 0.29) is 0 Å². The minimum atomic E-state index is -1.27. The Labute approximate surface area is 111 Å². The molecule has 3 nitrogen and oxygen atoms in total. The van der Waals surface area contributed by atoms with Gasteiger partial charge in [-0.15, -0.1) is 0 Å². The topological polar surface area (TPSA) is 55.1 Å². The summed E-state index contributed by atoms with van der Waals surface area (Å²) in [6, 6.07) is 4.56. The number of rotatable bonds is 2. The van der Waals surface area contributed by atoms with E-state index in [0.29, 0.717) is 12.1 Å². The first kappa shape index (κ1) is 13.9. The molecule has 0 fully saturated rings. The predicted octanol–water partition coefficient (Wildman–Crippen LogP) is 3.08. The molecule has 2 rings (SSSR count). The van der Waals surface area contributed by atoms with Gasteiger partial charge in [0.1, 0.15) is 17.3 Å².